The van der Waals surface area contributed by atoms with Crippen molar-refractivity contribution in [3.8, 4) is 16.9 Å². The van der Waals surface area contributed by atoms with Crippen molar-refractivity contribution >= 4 is 37.3 Å². The van der Waals surface area contributed by atoms with E-state index in [4.69, 9.17) is 4.74 Å². The molecular weight excluding hydrogens is 364 g/mol. The van der Waals surface area contributed by atoms with Crippen molar-refractivity contribution in [3.63, 3.8) is 0 Å². The summed E-state index contributed by atoms with van der Waals surface area (Å²) in [4.78, 5) is 11.9. The van der Waals surface area contributed by atoms with Crippen LogP contribution in [0, 0.1) is 0 Å². The standard InChI is InChI=1S/C25H22O2S/c1-5-25(3)21-11-16(27-4)7-8-17(21)18-13-24-20(12-22(18)25)19-10-15(14(2)26)6-9-23(19)28-24/h6-13H,5H2,1-4H3. The molecule has 4 aromatic rings. The van der Waals surface area contributed by atoms with Gasteiger partial charge >= 0.3 is 0 Å². The van der Waals surface area contributed by atoms with E-state index in [-0.39, 0.29) is 11.2 Å². The predicted octanol–water partition coefficient (Wildman–Crippen LogP) is 6.96. The minimum Gasteiger partial charge on any atom is -0.497 e. The molecule has 0 amide bonds. The van der Waals surface area contributed by atoms with Crippen molar-refractivity contribution in [2.24, 2.45) is 0 Å². The van der Waals surface area contributed by atoms with E-state index in [0.717, 1.165) is 17.7 Å². The van der Waals surface area contributed by atoms with Crippen LogP contribution in [0.2, 0.25) is 0 Å². The Bertz CT molecular complexity index is 1280. The van der Waals surface area contributed by atoms with Gasteiger partial charge in [0.2, 0.25) is 0 Å². The quantitative estimate of drug-likeness (QED) is 0.356. The first-order valence-corrected chi connectivity index (χ1v) is 10.5. The smallest absolute Gasteiger partial charge is 0.159 e. The number of fused-ring (bicyclic) bond motifs is 6. The van der Waals surface area contributed by atoms with Gasteiger partial charge in [0.15, 0.2) is 5.78 Å². The third-order valence-electron chi connectivity index (χ3n) is 6.43. The fourth-order valence-corrected chi connectivity index (χ4v) is 5.70. The third kappa shape index (κ3) is 2.23. The molecule has 1 heterocycles. The molecule has 1 unspecified atom stereocenters. The lowest BCUT2D eigenvalue weighted by atomic mass is 9.77. The number of thiophene rings is 1. The lowest BCUT2D eigenvalue weighted by molar-refractivity contribution is 0.101. The van der Waals surface area contributed by atoms with Crippen LogP contribution in [0.1, 0.15) is 48.7 Å². The molecule has 1 aliphatic carbocycles. The van der Waals surface area contributed by atoms with Crippen molar-refractivity contribution in [3.05, 3.63) is 65.2 Å². The van der Waals surface area contributed by atoms with Gasteiger partial charge in [-0.15, -0.1) is 11.3 Å². The molecule has 0 radical (unpaired) electrons. The molecule has 28 heavy (non-hydrogen) atoms. The van der Waals surface area contributed by atoms with Gasteiger partial charge in [0.25, 0.3) is 0 Å². The molecule has 5 rings (SSSR count). The van der Waals surface area contributed by atoms with Crippen LogP contribution in [0.4, 0.5) is 0 Å². The summed E-state index contributed by atoms with van der Waals surface area (Å²) in [6.07, 6.45) is 1.02. The second kappa shape index (κ2) is 5.92. The van der Waals surface area contributed by atoms with Gasteiger partial charge in [0.05, 0.1) is 7.11 Å². The Morgan fingerprint density at radius 3 is 2.43 bits per heavy atom. The SMILES string of the molecule is CCC1(C)c2cc(OC)ccc2-c2cc3sc4ccc(C(C)=O)cc4c3cc21. The second-order valence-electron chi connectivity index (χ2n) is 7.86. The zero-order valence-electron chi connectivity index (χ0n) is 16.6. The van der Waals surface area contributed by atoms with Crippen LogP contribution in [-0.4, -0.2) is 12.9 Å². The molecule has 0 fully saturated rings. The van der Waals surface area contributed by atoms with Crippen molar-refractivity contribution < 1.29 is 9.53 Å². The first-order valence-electron chi connectivity index (χ1n) is 9.67. The molecule has 0 bridgehead atoms. The minimum absolute atomic E-state index is 0.0418. The van der Waals surface area contributed by atoms with Crippen molar-refractivity contribution in [2.75, 3.05) is 7.11 Å². The van der Waals surface area contributed by atoms with Crippen LogP contribution in [0.5, 0.6) is 5.75 Å². The third-order valence-corrected chi connectivity index (χ3v) is 7.56. The maximum Gasteiger partial charge on any atom is 0.159 e. The topological polar surface area (TPSA) is 26.3 Å². The number of hydrogen-bond acceptors (Lipinski definition) is 3. The van der Waals surface area contributed by atoms with E-state index >= 15 is 0 Å². The van der Waals surface area contributed by atoms with Gasteiger partial charge in [0, 0.05) is 31.2 Å². The van der Waals surface area contributed by atoms with Gasteiger partial charge in [0.1, 0.15) is 5.75 Å². The average molecular weight is 387 g/mol. The number of ketones is 1. The molecular formula is C25H22O2S. The summed E-state index contributed by atoms with van der Waals surface area (Å²) in [5.74, 6) is 1.02. The van der Waals surface area contributed by atoms with E-state index in [0.29, 0.717) is 0 Å². The zero-order chi connectivity index (χ0) is 19.6. The summed E-state index contributed by atoms with van der Waals surface area (Å²) in [5.41, 5.74) is 6.09. The summed E-state index contributed by atoms with van der Waals surface area (Å²) in [6, 6.07) is 17.2. The van der Waals surface area contributed by atoms with Crippen molar-refractivity contribution in [2.45, 2.75) is 32.6 Å². The van der Waals surface area contributed by atoms with Gasteiger partial charge in [-0.05, 0) is 78.1 Å². The van der Waals surface area contributed by atoms with Crippen LogP contribution in [0.3, 0.4) is 0 Å². The Kier molecular flexibility index (Phi) is 3.69. The Labute approximate surface area is 168 Å². The van der Waals surface area contributed by atoms with E-state index in [1.165, 1.54) is 42.4 Å². The Hall–Kier alpha value is -2.65. The van der Waals surface area contributed by atoms with Gasteiger partial charge in [-0.1, -0.05) is 19.9 Å². The lowest BCUT2D eigenvalue weighted by Crippen LogP contribution is -2.19. The van der Waals surface area contributed by atoms with E-state index in [1.807, 2.05) is 6.07 Å². The molecule has 3 heteroatoms. The summed E-state index contributed by atoms with van der Waals surface area (Å²) < 4.78 is 8.01. The van der Waals surface area contributed by atoms with Crippen LogP contribution >= 0.6 is 11.3 Å². The van der Waals surface area contributed by atoms with Crippen LogP contribution in [-0.2, 0) is 5.41 Å². The molecule has 1 atom stereocenters. The molecule has 0 aliphatic heterocycles. The summed E-state index contributed by atoms with van der Waals surface area (Å²) in [5, 5.41) is 2.43. The first kappa shape index (κ1) is 17.4. The van der Waals surface area contributed by atoms with Crippen molar-refractivity contribution in [1.82, 2.24) is 0 Å². The van der Waals surface area contributed by atoms with Gasteiger partial charge < -0.3 is 4.74 Å². The number of benzene rings is 3. The highest BCUT2D eigenvalue weighted by Gasteiger charge is 2.38. The van der Waals surface area contributed by atoms with Crippen LogP contribution < -0.4 is 4.74 Å². The normalized spacial score (nSPS) is 17.7. The number of carbonyl (C=O) groups is 1. The highest BCUT2D eigenvalue weighted by Crippen LogP contribution is 2.53. The number of Topliss-reactive ketones (excluding diaryl/α,β-unsaturated/α-hetero) is 1. The van der Waals surface area contributed by atoms with E-state index in [1.54, 1.807) is 25.4 Å². The highest BCUT2D eigenvalue weighted by molar-refractivity contribution is 7.25. The molecule has 2 nitrogen and oxygen atoms in total. The fourth-order valence-electron chi connectivity index (χ4n) is 4.59. The summed E-state index contributed by atoms with van der Waals surface area (Å²) in [7, 11) is 1.72. The second-order valence-corrected chi connectivity index (χ2v) is 8.94. The number of carbonyl (C=O) groups excluding carboxylic acids is 1. The number of methoxy groups -OCH3 is 1. The maximum atomic E-state index is 11.9. The van der Waals surface area contributed by atoms with Gasteiger partial charge in [-0.25, -0.2) is 0 Å². The molecule has 140 valence electrons. The predicted molar refractivity (Wildman–Crippen MR) is 118 cm³/mol. The number of rotatable bonds is 3. The van der Waals surface area contributed by atoms with Gasteiger partial charge in [-0.3, -0.25) is 4.79 Å². The summed E-state index contributed by atoms with van der Waals surface area (Å²) in [6.45, 7) is 6.21. The van der Waals surface area contributed by atoms with E-state index < -0.39 is 0 Å². The Morgan fingerprint density at radius 2 is 1.71 bits per heavy atom. The summed E-state index contributed by atoms with van der Waals surface area (Å²) >= 11 is 1.80. The van der Waals surface area contributed by atoms with Crippen molar-refractivity contribution in [1.29, 1.82) is 0 Å². The number of hydrogen-bond donors (Lipinski definition) is 0. The monoisotopic (exact) mass is 386 g/mol. The largest absolute Gasteiger partial charge is 0.497 e. The highest BCUT2D eigenvalue weighted by atomic mass is 32.1. The Morgan fingerprint density at radius 1 is 0.964 bits per heavy atom. The minimum atomic E-state index is -0.0418. The maximum absolute atomic E-state index is 11.9. The molecule has 3 aromatic carbocycles. The first-order chi connectivity index (χ1) is 13.5. The zero-order valence-corrected chi connectivity index (χ0v) is 17.4. The van der Waals surface area contributed by atoms with Crippen LogP contribution in [0.15, 0.2) is 48.5 Å². The average Bonchev–Trinajstić information content (AvgIpc) is 3.19. The number of ether oxygens (including phenoxy) is 1. The molecule has 1 aromatic heterocycles. The van der Waals surface area contributed by atoms with Crippen LogP contribution in [0.25, 0.3) is 31.3 Å². The van der Waals surface area contributed by atoms with E-state index in [9.17, 15) is 4.79 Å². The molecule has 0 spiro atoms. The molecule has 0 N–H and O–H groups in total. The molecule has 0 saturated heterocycles. The Balaban J connectivity index is 1.84. The molecule has 0 saturated carbocycles. The van der Waals surface area contributed by atoms with Gasteiger partial charge in [-0.2, -0.15) is 0 Å². The van der Waals surface area contributed by atoms with E-state index in [2.05, 4.69) is 56.3 Å². The molecule has 1 aliphatic rings. The lowest BCUT2D eigenvalue weighted by Gasteiger charge is -2.26. The fraction of sp³-hybridized carbons (Fsp3) is 0.240.